The van der Waals surface area contributed by atoms with E-state index in [0.29, 0.717) is 13.0 Å². The van der Waals surface area contributed by atoms with Gasteiger partial charge in [0, 0.05) is 27.1 Å². The van der Waals surface area contributed by atoms with Gasteiger partial charge in [-0.05, 0) is 13.8 Å². The van der Waals surface area contributed by atoms with Crippen molar-refractivity contribution in [2.75, 3.05) is 33.8 Å². The van der Waals surface area contributed by atoms with Crippen LogP contribution in [0.5, 0.6) is 0 Å². The third-order valence-electron chi connectivity index (χ3n) is 3.72. The number of likely N-dealkylation sites (tertiary alicyclic amines) is 1. The highest BCUT2D eigenvalue weighted by molar-refractivity contribution is 5.81. The standard InChI is InChI=1S/C14H24N2O6/c1-14(2)20-8-10(22-14)11(17)12(18)16-6-5-9(7-16)21-13(19)15(3)4/h9-11,17H,5-8H2,1-4H3. The molecule has 2 amide bonds. The van der Waals surface area contributed by atoms with Crippen molar-refractivity contribution in [3.8, 4) is 0 Å². The Hall–Kier alpha value is -1.38. The Labute approximate surface area is 129 Å². The quantitative estimate of drug-likeness (QED) is 0.775. The van der Waals surface area contributed by atoms with Crippen LogP contribution in [0.1, 0.15) is 20.3 Å². The second kappa shape index (κ2) is 6.39. The van der Waals surface area contributed by atoms with Crippen LogP contribution in [0.4, 0.5) is 4.79 Å². The van der Waals surface area contributed by atoms with Gasteiger partial charge in [0.25, 0.3) is 5.91 Å². The molecule has 2 fully saturated rings. The Kier molecular flexibility index (Phi) is 4.93. The van der Waals surface area contributed by atoms with Crippen molar-refractivity contribution in [3.05, 3.63) is 0 Å². The van der Waals surface area contributed by atoms with Crippen LogP contribution in [0.15, 0.2) is 0 Å². The van der Waals surface area contributed by atoms with Crippen LogP contribution < -0.4 is 0 Å². The zero-order chi connectivity index (χ0) is 16.5. The van der Waals surface area contributed by atoms with Crippen molar-refractivity contribution in [2.45, 2.75) is 44.4 Å². The topological polar surface area (TPSA) is 88.5 Å². The molecule has 3 unspecified atom stereocenters. The van der Waals surface area contributed by atoms with Crippen molar-refractivity contribution in [1.82, 2.24) is 9.80 Å². The zero-order valence-corrected chi connectivity index (χ0v) is 13.4. The fourth-order valence-corrected chi connectivity index (χ4v) is 2.49. The second-order valence-corrected chi connectivity index (χ2v) is 6.29. The molecule has 1 N–H and O–H groups in total. The van der Waals surface area contributed by atoms with Gasteiger partial charge in [-0.15, -0.1) is 0 Å². The summed E-state index contributed by atoms with van der Waals surface area (Å²) in [5.41, 5.74) is 0. The maximum atomic E-state index is 12.3. The molecule has 2 aliphatic rings. The van der Waals surface area contributed by atoms with Gasteiger partial charge in [0.05, 0.1) is 13.2 Å². The lowest BCUT2D eigenvalue weighted by molar-refractivity contribution is -0.163. The highest BCUT2D eigenvalue weighted by Crippen LogP contribution is 2.25. The van der Waals surface area contributed by atoms with Gasteiger partial charge in [-0.2, -0.15) is 0 Å². The summed E-state index contributed by atoms with van der Waals surface area (Å²) in [5, 5.41) is 10.2. The molecule has 8 nitrogen and oxygen atoms in total. The van der Waals surface area contributed by atoms with Crippen molar-refractivity contribution < 1.29 is 28.9 Å². The minimum Gasteiger partial charge on any atom is -0.444 e. The normalized spacial score (nSPS) is 28.5. The van der Waals surface area contributed by atoms with E-state index >= 15 is 0 Å². The van der Waals surface area contributed by atoms with Gasteiger partial charge in [0.2, 0.25) is 0 Å². The van der Waals surface area contributed by atoms with Crippen LogP contribution in [0.2, 0.25) is 0 Å². The molecule has 2 aliphatic heterocycles. The first kappa shape index (κ1) is 17.0. The predicted octanol–water partition coefficient (Wildman–Crippen LogP) is -0.202. The first-order valence-electron chi connectivity index (χ1n) is 7.36. The van der Waals surface area contributed by atoms with Gasteiger partial charge in [0.15, 0.2) is 11.9 Å². The van der Waals surface area contributed by atoms with Crippen LogP contribution in [0, 0.1) is 0 Å². The molecule has 126 valence electrons. The summed E-state index contributed by atoms with van der Waals surface area (Å²) in [6.45, 7) is 4.37. The Morgan fingerprint density at radius 1 is 1.41 bits per heavy atom. The number of aliphatic hydroxyl groups excluding tert-OH is 1. The Morgan fingerprint density at radius 2 is 2.09 bits per heavy atom. The monoisotopic (exact) mass is 316 g/mol. The summed E-state index contributed by atoms with van der Waals surface area (Å²) < 4.78 is 16.1. The van der Waals surface area contributed by atoms with E-state index in [-0.39, 0.29) is 19.3 Å². The first-order valence-corrected chi connectivity index (χ1v) is 7.36. The molecular weight excluding hydrogens is 292 g/mol. The van der Waals surface area contributed by atoms with E-state index < -0.39 is 30.0 Å². The molecular formula is C14H24N2O6. The number of hydrogen-bond acceptors (Lipinski definition) is 6. The van der Waals surface area contributed by atoms with E-state index in [9.17, 15) is 14.7 Å². The minimum atomic E-state index is -1.27. The molecule has 2 saturated heterocycles. The minimum absolute atomic E-state index is 0.173. The Morgan fingerprint density at radius 3 is 2.64 bits per heavy atom. The van der Waals surface area contributed by atoms with Crippen LogP contribution in [0.25, 0.3) is 0 Å². The number of hydrogen-bond donors (Lipinski definition) is 1. The molecule has 0 saturated carbocycles. The largest absolute Gasteiger partial charge is 0.444 e. The molecule has 8 heteroatoms. The van der Waals surface area contributed by atoms with E-state index in [4.69, 9.17) is 14.2 Å². The first-order chi connectivity index (χ1) is 10.2. The molecule has 3 atom stereocenters. The number of carbonyl (C=O) groups is 2. The number of aliphatic hydroxyl groups is 1. The van der Waals surface area contributed by atoms with Crippen LogP contribution >= 0.6 is 0 Å². The van der Waals surface area contributed by atoms with Gasteiger partial charge in [-0.1, -0.05) is 0 Å². The fraction of sp³-hybridized carbons (Fsp3) is 0.857. The fourth-order valence-electron chi connectivity index (χ4n) is 2.49. The van der Waals surface area contributed by atoms with Crippen molar-refractivity contribution >= 4 is 12.0 Å². The molecule has 0 spiro atoms. The van der Waals surface area contributed by atoms with E-state index in [1.165, 1.54) is 9.80 Å². The number of carbonyl (C=O) groups excluding carboxylic acids is 2. The van der Waals surface area contributed by atoms with Gasteiger partial charge >= 0.3 is 6.09 Å². The smallest absolute Gasteiger partial charge is 0.409 e. The maximum Gasteiger partial charge on any atom is 0.409 e. The third kappa shape index (κ3) is 3.88. The highest BCUT2D eigenvalue weighted by atomic mass is 16.7. The van der Waals surface area contributed by atoms with Crippen molar-refractivity contribution in [2.24, 2.45) is 0 Å². The van der Waals surface area contributed by atoms with Gasteiger partial charge in [0.1, 0.15) is 12.2 Å². The van der Waals surface area contributed by atoms with E-state index in [0.717, 1.165) is 0 Å². The highest BCUT2D eigenvalue weighted by Gasteiger charge is 2.42. The zero-order valence-electron chi connectivity index (χ0n) is 13.4. The average molecular weight is 316 g/mol. The summed E-state index contributed by atoms with van der Waals surface area (Å²) in [4.78, 5) is 26.6. The van der Waals surface area contributed by atoms with Gasteiger partial charge < -0.3 is 29.1 Å². The summed E-state index contributed by atoms with van der Waals surface area (Å²) in [6.07, 6.45) is -2.17. The number of nitrogens with zero attached hydrogens (tertiary/aromatic N) is 2. The maximum absolute atomic E-state index is 12.3. The lowest BCUT2D eigenvalue weighted by atomic mass is 10.2. The van der Waals surface area contributed by atoms with E-state index in [1.54, 1.807) is 27.9 Å². The number of amides is 2. The average Bonchev–Trinajstić information content (AvgIpc) is 3.03. The number of ether oxygens (including phenoxy) is 3. The predicted molar refractivity (Wildman–Crippen MR) is 76.1 cm³/mol. The molecule has 2 heterocycles. The Bertz CT molecular complexity index is 439. The molecule has 0 aromatic rings. The number of rotatable bonds is 3. The van der Waals surface area contributed by atoms with Crippen molar-refractivity contribution in [1.29, 1.82) is 0 Å². The molecule has 2 rings (SSSR count). The molecule has 22 heavy (non-hydrogen) atoms. The molecule has 0 aromatic carbocycles. The molecule has 0 radical (unpaired) electrons. The van der Waals surface area contributed by atoms with E-state index in [1.807, 2.05) is 0 Å². The summed E-state index contributed by atoms with van der Waals surface area (Å²) in [7, 11) is 3.20. The SMILES string of the molecule is CN(C)C(=O)OC1CCN(C(=O)C(O)C2COC(C)(C)O2)C1. The van der Waals surface area contributed by atoms with E-state index in [2.05, 4.69) is 0 Å². The third-order valence-corrected chi connectivity index (χ3v) is 3.72. The molecule has 0 bridgehead atoms. The van der Waals surface area contributed by atoms with Gasteiger partial charge in [-0.3, -0.25) is 4.79 Å². The summed E-state index contributed by atoms with van der Waals surface area (Å²) in [6, 6.07) is 0. The van der Waals surface area contributed by atoms with Crippen molar-refractivity contribution in [3.63, 3.8) is 0 Å². The Balaban J connectivity index is 1.85. The summed E-state index contributed by atoms with van der Waals surface area (Å²) >= 11 is 0. The second-order valence-electron chi connectivity index (χ2n) is 6.29. The molecule has 0 aliphatic carbocycles. The molecule has 0 aromatic heterocycles. The summed E-state index contributed by atoms with van der Waals surface area (Å²) in [5.74, 6) is -1.21. The van der Waals surface area contributed by atoms with Crippen LogP contribution in [-0.4, -0.2) is 84.8 Å². The van der Waals surface area contributed by atoms with Crippen LogP contribution in [0.3, 0.4) is 0 Å². The lowest BCUT2D eigenvalue weighted by Gasteiger charge is -2.24. The van der Waals surface area contributed by atoms with Crippen LogP contribution in [-0.2, 0) is 19.0 Å². The van der Waals surface area contributed by atoms with Gasteiger partial charge in [-0.25, -0.2) is 4.79 Å². The lowest BCUT2D eigenvalue weighted by Crippen LogP contribution is -2.45.